The molecule has 20 heavy (non-hydrogen) atoms. The fourth-order valence-electron chi connectivity index (χ4n) is 1.78. The number of amides is 1. The van der Waals surface area contributed by atoms with Gasteiger partial charge in [0.1, 0.15) is 11.4 Å². The van der Waals surface area contributed by atoms with Crippen molar-refractivity contribution >= 4 is 61.9 Å². The Morgan fingerprint density at radius 3 is 2.85 bits per heavy atom. The highest BCUT2D eigenvalue weighted by atomic mass is 79.9. The minimum atomic E-state index is -0.281. The second-order valence-corrected chi connectivity index (χ2v) is 5.75. The van der Waals surface area contributed by atoms with Gasteiger partial charge in [-0.15, -0.1) is 0 Å². The number of nitrogens with zero attached hydrogens (tertiary/aromatic N) is 2. The summed E-state index contributed by atoms with van der Waals surface area (Å²) < 4.78 is 9.00. The highest BCUT2D eigenvalue weighted by molar-refractivity contribution is 9.10. The molecule has 0 aliphatic carbocycles. The molecule has 0 spiro atoms. The Hall–Kier alpha value is -1.50. The van der Waals surface area contributed by atoms with Gasteiger partial charge >= 0.3 is 0 Å². The molecule has 1 heterocycles. The van der Waals surface area contributed by atoms with Crippen molar-refractivity contribution in [3.63, 3.8) is 0 Å². The van der Waals surface area contributed by atoms with Crippen LogP contribution in [0.2, 0.25) is 5.02 Å². The zero-order valence-electron chi connectivity index (χ0n) is 9.93. The van der Waals surface area contributed by atoms with Crippen LogP contribution in [-0.4, -0.2) is 5.91 Å². The lowest BCUT2D eigenvalue weighted by Crippen LogP contribution is -2.12. The third-order valence-corrected chi connectivity index (χ3v) is 4.57. The Bertz CT molecular complexity index is 787. The minimum absolute atomic E-state index is 0.281. The molecule has 3 rings (SSSR count). The largest absolute Gasteiger partial charge is 0.320 e. The number of carbonyl (C=O) groups excluding carboxylic acids is 1. The van der Waals surface area contributed by atoms with Gasteiger partial charge < -0.3 is 5.32 Å². The first-order valence-electron chi connectivity index (χ1n) is 5.63. The van der Waals surface area contributed by atoms with E-state index >= 15 is 0 Å². The molecular formula is C13H7BrClN3OS. The molecule has 2 aromatic carbocycles. The van der Waals surface area contributed by atoms with E-state index < -0.39 is 0 Å². The summed E-state index contributed by atoms with van der Waals surface area (Å²) in [4.78, 5) is 12.3. The van der Waals surface area contributed by atoms with E-state index in [9.17, 15) is 4.79 Å². The molecule has 1 N–H and O–H groups in total. The molecule has 0 aromatic heterocycles. The molecule has 0 saturated carbocycles. The Kier molecular flexibility index (Phi) is 3.69. The lowest BCUT2D eigenvalue weighted by Gasteiger charge is -2.09. The summed E-state index contributed by atoms with van der Waals surface area (Å²) in [6, 6.07) is 10.7. The van der Waals surface area contributed by atoms with Crippen molar-refractivity contribution < 1.29 is 4.79 Å². The van der Waals surface area contributed by atoms with Crippen molar-refractivity contribution in [2.75, 3.05) is 5.32 Å². The maximum atomic E-state index is 12.3. The van der Waals surface area contributed by atoms with Crippen LogP contribution in [0.1, 0.15) is 10.4 Å². The predicted molar refractivity (Wildman–Crippen MR) is 85.1 cm³/mol. The molecule has 1 amide bonds. The molecule has 0 radical (unpaired) electrons. The van der Waals surface area contributed by atoms with Crippen molar-refractivity contribution in [3.8, 4) is 0 Å². The summed E-state index contributed by atoms with van der Waals surface area (Å²) in [5.41, 5.74) is 2.46. The lowest BCUT2D eigenvalue weighted by molar-refractivity contribution is 0.102. The molecule has 7 heteroatoms. The van der Waals surface area contributed by atoms with Gasteiger partial charge in [-0.05, 0) is 40.2 Å². The number of fused-ring (bicyclic) bond motifs is 1. The summed E-state index contributed by atoms with van der Waals surface area (Å²) in [6.45, 7) is 0. The summed E-state index contributed by atoms with van der Waals surface area (Å²) in [6.07, 6.45) is 0. The smallest absolute Gasteiger partial charge is 0.257 e. The molecule has 1 aliphatic rings. The average molecular weight is 369 g/mol. The predicted octanol–water partition coefficient (Wildman–Crippen LogP) is 5.08. The van der Waals surface area contributed by atoms with E-state index in [4.69, 9.17) is 11.6 Å². The van der Waals surface area contributed by atoms with E-state index in [0.717, 1.165) is 17.0 Å². The number of anilines is 1. The highest BCUT2D eigenvalue weighted by Gasteiger charge is 2.16. The van der Waals surface area contributed by atoms with Gasteiger partial charge in [0.25, 0.3) is 5.91 Å². The van der Waals surface area contributed by atoms with Crippen LogP contribution in [0.15, 0.2) is 49.6 Å². The van der Waals surface area contributed by atoms with Crippen molar-refractivity contribution in [3.05, 3.63) is 51.5 Å². The van der Waals surface area contributed by atoms with Gasteiger partial charge in [0, 0.05) is 4.47 Å². The second kappa shape index (κ2) is 5.47. The normalized spacial score (nSPS) is 11.9. The van der Waals surface area contributed by atoms with E-state index in [-0.39, 0.29) is 5.91 Å². The quantitative estimate of drug-likeness (QED) is 0.673. The third kappa shape index (κ3) is 2.42. The van der Waals surface area contributed by atoms with Crippen LogP contribution < -0.4 is 5.32 Å². The SMILES string of the molecule is O=C(Nc1cccc2c1N=S=N2)c1cccc(Br)c1Cl. The van der Waals surface area contributed by atoms with Gasteiger partial charge in [-0.2, -0.15) is 8.73 Å². The molecule has 0 fully saturated rings. The molecule has 0 unspecified atom stereocenters. The number of hydrogen-bond acceptors (Lipinski definition) is 3. The summed E-state index contributed by atoms with van der Waals surface area (Å²) >= 11 is 10.5. The highest BCUT2D eigenvalue weighted by Crippen LogP contribution is 2.38. The van der Waals surface area contributed by atoms with Gasteiger partial charge in [-0.3, -0.25) is 4.79 Å². The fraction of sp³-hybridized carbons (Fsp3) is 0. The molecule has 2 aromatic rings. The van der Waals surface area contributed by atoms with Crippen molar-refractivity contribution in [1.29, 1.82) is 0 Å². The summed E-state index contributed by atoms with van der Waals surface area (Å²) in [5, 5.41) is 3.20. The maximum absolute atomic E-state index is 12.3. The zero-order chi connectivity index (χ0) is 14.1. The van der Waals surface area contributed by atoms with Crippen molar-refractivity contribution in [2.45, 2.75) is 0 Å². The number of benzene rings is 2. The van der Waals surface area contributed by atoms with Crippen LogP contribution in [0.4, 0.5) is 17.1 Å². The minimum Gasteiger partial charge on any atom is -0.320 e. The Balaban J connectivity index is 1.93. The van der Waals surface area contributed by atoms with Gasteiger partial charge in [0.15, 0.2) is 0 Å². The Labute approximate surface area is 132 Å². The van der Waals surface area contributed by atoms with Crippen LogP contribution in [0, 0.1) is 0 Å². The maximum Gasteiger partial charge on any atom is 0.257 e. The number of halogens is 2. The molecule has 0 atom stereocenters. The number of rotatable bonds is 2. The van der Waals surface area contributed by atoms with E-state index in [1.807, 2.05) is 12.1 Å². The van der Waals surface area contributed by atoms with E-state index in [1.165, 1.54) is 0 Å². The van der Waals surface area contributed by atoms with Crippen LogP contribution in [0.5, 0.6) is 0 Å². The Morgan fingerprint density at radius 1 is 1.20 bits per heavy atom. The van der Waals surface area contributed by atoms with E-state index in [0.29, 0.717) is 26.4 Å². The van der Waals surface area contributed by atoms with Crippen molar-refractivity contribution in [2.24, 2.45) is 8.73 Å². The summed E-state index contributed by atoms with van der Waals surface area (Å²) in [7, 11) is 0. The van der Waals surface area contributed by atoms with E-state index in [1.54, 1.807) is 24.3 Å². The van der Waals surface area contributed by atoms with Crippen LogP contribution in [-0.2, 0) is 11.4 Å². The number of carbonyl (C=O) groups is 1. The fourth-order valence-corrected chi connectivity index (χ4v) is 2.90. The standard InChI is InChI=1S/C13H7BrClN3OS/c14-8-4-1-3-7(11(8)15)13(19)16-9-5-2-6-10-12(9)18-20-17-10/h1-6H,(H,16,19). The molecule has 0 bridgehead atoms. The molecular weight excluding hydrogens is 362 g/mol. The zero-order valence-corrected chi connectivity index (χ0v) is 13.1. The lowest BCUT2D eigenvalue weighted by atomic mass is 10.2. The molecule has 1 aliphatic heterocycles. The Morgan fingerprint density at radius 2 is 2.00 bits per heavy atom. The van der Waals surface area contributed by atoms with Gasteiger partial charge in [-0.1, -0.05) is 23.7 Å². The second-order valence-electron chi connectivity index (χ2n) is 3.99. The first kappa shape index (κ1) is 13.5. The monoisotopic (exact) mass is 367 g/mol. The molecule has 0 saturated heterocycles. The van der Waals surface area contributed by atoms with Gasteiger partial charge in [0.05, 0.1) is 27.6 Å². The van der Waals surface area contributed by atoms with E-state index in [2.05, 4.69) is 30.0 Å². The average Bonchev–Trinajstić information content (AvgIpc) is 2.91. The van der Waals surface area contributed by atoms with Crippen LogP contribution >= 0.6 is 27.5 Å². The first-order valence-corrected chi connectivity index (χ1v) is 7.53. The van der Waals surface area contributed by atoms with Gasteiger partial charge in [-0.25, -0.2) is 0 Å². The first-order chi connectivity index (χ1) is 9.66. The topological polar surface area (TPSA) is 53.8 Å². The number of hydrogen-bond donors (Lipinski definition) is 1. The van der Waals surface area contributed by atoms with Crippen molar-refractivity contribution in [1.82, 2.24) is 0 Å². The van der Waals surface area contributed by atoms with Crippen LogP contribution in [0.25, 0.3) is 0 Å². The van der Waals surface area contributed by atoms with Gasteiger partial charge in [0.2, 0.25) is 0 Å². The molecule has 100 valence electrons. The summed E-state index contributed by atoms with van der Waals surface area (Å²) in [5.74, 6) is -0.281. The molecule has 4 nitrogen and oxygen atoms in total. The third-order valence-electron chi connectivity index (χ3n) is 2.73. The number of nitrogens with one attached hydrogen (secondary N) is 1. The van der Waals surface area contributed by atoms with Crippen LogP contribution in [0.3, 0.4) is 0 Å².